The van der Waals surface area contributed by atoms with Crippen molar-refractivity contribution in [3.63, 3.8) is 0 Å². The lowest BCUT2D eigenvalue weighted by Crippen LogP contribution is -1.94. The Bertz CT molecular complexity index is 2800. The van der Waals surface area contributed by atoms with E-state index in [0.717, 1.165) is 5.69 Å². The van der Waals surface area contributed by atoms with Crippen molar-refractivity contribution in [3.05, 3.63) is 188 Å². The average molecular weight is 622 g/mol. The number of rotatable bonds is 4. The second-order valence-corrected chi connectivity index (χ2v) is 12.9. The van der Waals surface area contributed by atoms with E-state index in [4.69, 9.17) is 0 Å². The SMILES string of the molecule is c1ccc(-c2cccc3c2c2ccc(-c4c5ccccc5c(-c5ccc6ccccc6c5)c5ccccc45)cc2n3-c2ccccc2)cc1. The third-order valence-corrected chi connectivity index (χ3v) is 10.1. The largest absolute Gasteiger partial charge is 0.309 e. The van der Waals surface area contributed by atoms with Crippen LogP contribution in [0.5, 0.6) is 0 Å². The molecule has 228 valence electrons. The van der Waals surface area contributed by atoms with Crippen LogP contribution in [-0.2, 0) is 0 Å². The summed E-state index contributed by atoms with van der Waals surface area (Å²) in [7, 11) is 0. The lowest BCUT2D eigenvalue weighted by atomic mass is 9.85. The number of para-hydroxylation sites is 1. The summed E-state index contributed by atoms with van der Waals surface area (Å²) in [5.74, 6) is 0. The van der Waals surface area contributed by atoms with Crippen LogP contribution in [0.3, 0.4) is 0 Å². The third kappa shape index (κ3) is 4.33. The van der Waals surface area contributed by atoms with E-state index in [-0.39, 0.29) is 0 Å². The Kier molecular flexibility index (Phi) is 6.25. The molecule has 0 N–H and O–H groups in total. The quantitative estimate of drug-likeness (QED) is 0.172. The van der Waals surface area contributed by atoms with Crippen molar-refractivity contribution in [2.24, 2.45) is 0 Å². The van der Waals surface area contributed by atoms with Gasteiger partial charge in [-0.25, -0.2) is 0 Å². The number of benzene rings is 9. The zero-order chi connectivity index (χ0) is 32.3. The van der Waals surface area contributed by atoms with E-state index < -0.39 is 0 Å². The Labute approximate surface area is 284 Å². The molecule has 0 fully saturated rings. The normalized spacial score (nSPS) is 11.7. The Morgan fingerprint density at radius 1 is 0.306 bits per heavy atom. The van der Waals surface area contributed by atoms with Crippen molar-refractivity contribution in [1.82, 2.24) is 4.57 Å². The van der Waals surface area contributed by atoms with E-state index in [1.54, 1.807) is 0 Å². The van der Waals surface area contributed by atoms with E-state index >= 15 is 0 Å². The van der Waals surface area contributed by atoms with E-state index in [1.165, 1.54) is 87.5 Å². The molecule has 9 aromatic carbocycles. The van der Waals surface area contributed by atoms with Gasteiger partial charge in [-0.2, -0.15) is 0 Å². The van der Waals surface area contributed by atoms with Crippen LogP contribution in [0.2, 0.25) is 0 Å². The fourth-order valence-electron chi connectivity index (χ4n) is 8.03. The van der Waals surface area contributed by atoms with Gasteiger partial charge >= 0.3 is 0 Å². The lowest BCUT2D eigenvalue weighted by molar-refractivity contribution is 1.18. The molecule has 1 heterocycles. The molecular weight excluding hydrogens is 591 g/mol. The van der Waals surface area contributed by atoms with Crippen LogP contribution in [0.4, 0.5) is 0 Å². The summed E-state index contributed by atoms with van der Waals surface area (Å²) >= 11 is 0. The maximum atomic E-state index is 2.44. The molecule has 0 spiro atoms. The fraction of sp³-hybridized carbons (Fsp3) is 0. The highest BCUT2D eigenvalue weighted by atomic mass is 15.0. The predicted molar refractivity (Wildman–Crippen MR) is 210 cm³/mol. The van der Waals surface area contributed by atoms with Crippen molar-refractivity contribution in [2.45, 2.75) is 0 Å². The number of fused-ring (bicyclic) bond motifs is 6. The minimum atomic E-state index is 1.16. The van der Waals surface area contributed by atoms with Crippen molar-refractivity contribution >= 4 is 54.1 Å². The topological polar surface area (TPSA) is 4.93 Å². The van der Waals surface area contributed by atoms with Crippen molar-refractivity contribution < 1.29 is 0 Å². The van der Waals surface area contributed by atoms with Crippen molar-refractivity contribution in [3.8, 4) is 39.1 Å². The first-order valence-electron chi connectivity index (χ1n) is 16.9. The molecule has 10 rings (SSSR count). The molecular formula is C48H31N. The van der Waals surface area contributed by atoms with Gasteiger partial charge in [0, 0.05) is 16.5 Å². The average Bonchev–Trinajstić information content (AvgIpc) is 3.51. The molecule has 1 nitrogen and oxygen atoms in total. The lowest BCUT2D eigenvalue weighted by Gasteiger charge is -2.18. The molecule has 0 amide bonds. The van der Waals surface area contributed by atoms with Gasteiger partial charge in [0.1, 0.15) is 0 Å². The maximum Gasteiger partial charge on any atom is 0.0547 e. The van der Waals surface area contributed by atoms with E-state index in [1.807, 2.05) is 0 Å². The van der Waals surface area contributed by atoms with Crippen LogP contribution in [0, 0.1) is 0 Å². The van der Waals surface area contributed by atoms with Gasteiger partial charge in [0.2, 0.25) is 0 Å². The van der Waals surface area contributed by atoms with Crippen LogP contribution in [0.15, 0.2) is 188 Å². The first-order valence-corrected chi connectivity index (χ1v) is 16.9. The van der Waals surface area contributed by atoms with Crippen LogP contribution in [0.1, 0.15) is 0 Å². The number of aromatic nitrogens is 1. The highest BCUT2D eigenvalue weighted by Gasteiger charge is 2.20. The molecule has 0 aliphatic rings. The smallest absolute Gasteiger partial charge is 0.0547 e. The molecule has 0 unspecified atom stereocenters. The zero-order valence-electron chi connectivity index (χ0n) is 26.8. The van der Waals surface area contributed by atoms with E-state index in [0.29, 0.717) is 0 Å². The van der Waals surface area contributed by atoms with Gasteiger partial charge in [-0.15, -0.1) is 0 Å². The summed E-state index contributed by atoms with van der Waals surface area (Å²) in [6.45, 7) is 0. The Morgan fingerprint density at radius 3 is 1.53 bits per heavy atom. The van der Waals surface area contributed by atoms with E-state index in [2.05, 4.69) is 193 Å². The van der Waals surface area contributed by atoms with Crippen molar-refractivity contribution in [2.75, 3.05) is 0 Å². The van der Waals surface area contributed by atoms with Gasteiger partial charge in [-0.05, 0) is 96.0 Å². The molecule has 1 aromatic heterocycles. The Balaban J connectivity index is 1.30. The van der Waals surface area contributed by atoms with Gasteiger partial charge in [-0.1, -0.05) is 158 Å². The molecule has 1 heteroatoms. The molecule has 49 heavy (non-hydrogen) atoms. The first-order chi connectivity index (χ1) is 24.3. The molecule has 0 saturated heterocycles. The minimum Gasteiger partial charge on any atom is -0.309 e. The molecule has 0 atom stereocenters. The Morgan fingerprint density at radius 2 is 0.857 bits per heavy atom. The minimum absolute atomic E-state index is 1.16. The maximum absolute atomic E-state index is 2.44. The molecule has 0 aliphatic heterocycles. The third-order valence-electron chi connectivity index (χ3n) is 10.1. The molecule has 10 aromatic rings. The van der Waals surface area contributed by atoms with Gasteiger partial charge < -0.3 is 4.57 Å². The summed E-state index contributed by atoms with van der Waals surface area (Å²) in [4.78, 5) is 0. The van der Waals surface area contributed by atoms with Crippen LogP contribution in [0.25, 0.3) is 93.2 Å². The molecule has 0 saturated carbocycles. The van der Waals surface area contributed by atoms with Crippen LogP contribution in [-0.4, -0.2) is 4.57 Å². The van der Waals surface area contributed by atoms with Crippen LogP contribution >= 0.6 is 0 Å². The Hall–Kier alpha value is -6.44. The first kappa shape index (κ1) is 27.7. The highest BCUT2D eigenvalue weighted by molar-refractivity contribution is 6.23. The van der Waals surface area contributed by atoms with Gasteiger partial charge in [0.05, 0.1) is 11.0 Å². The fourth-order valence-corrected chi connectivity index (χ4v) is 8.03. The summed E-state index contributed by atoms with van der Waals surface area (Å²) in [6, 6.07) is 68.7. The predicted octanol–water partition coefficient (Wildman–Crippen LogP) is 13.2. The van der Waals surface area contributed by atoms with Gasteiger partial charge in [0.15, 0.2) is 0 Å². The van der Waals surface area contributed by atoms with Gasteiger partial charge in [0.25, 0.3) is 0 Å². The summed E-state index contributed by atoms with van der Waals surface area (Å²) in [5.41, 5.74) is 11.1. The molecule has 0 radical (unpaired) electrons. The molecule has 0 aliphatic carbocycles. The van der Waals surface area contributed by atoms with Gasteiger partial charge in [-0.3, -0.25) is 0 Å². The van der Waals surface area contributed by atoms with Crippen LogP contribution < -0.4 is 0 Å². The monoisotopic (exact) mass is 621 g/mol. The summed E-state index contributed by atoms with van der Waals surface area (Å²) in [6.07, 6.45) is 0. The highest BCUT2D eigenvalue weighted by Crippen LogP contribution is 2.46. The number of hydrogen-bond donors (Lipinski definition) is 0. The number of hydrogen-bond acceptors (Lipinski definition) is 0. The van der Waals surface area contributed by atoms with Crippen molar-refractivity contribution in [1.29, 1.82) is 0 Å². The summed E-state index contributed by atoms with van der Waals surface area (Å²) in [5, 5.41) is 10.1. The molecule has 0 bridgehead atoms. The second-order valence-electron chi connectivity index (χ2n) is 12.9. The zero-order valence-corrected chi connectivity index (χ0v) is 26.8. The summed E-state index contributed by atoms with van der Waals surface area (Å²) < 4.78 is 2.44. The standard InChI is InChI=1S/C48H31N/c1-3-15-33(16-4-1)38-24-13-25-44-48(38)43-29-28-36(31-45(43)49(44)37-18-5-2-6-19-37)47-41-22-11-9-20-39(41)46(40-21-10-12-23-42(40)47)35-27-26-32-14-7-8-17-34(32)30-35/h1-31H. The second kappa shape index (κ2) is 11.1. The van der Waals surface area contributed by atoms with E-state index in [9.17, 15) is 0 Å². The number of nitrogens with zero attached hydrogens (tertiary/aromatic N) is 1.